The lowest BCUT2D eigenvalue weighted by Crippen LogP contribution is -2.64. The minimum atomic E-state index is -1.14. The maximum atomic E-state index is 13.6. The normalized spacial score (nSPS) is 25.3. The van der Waals surface area contributed by atoms with Crippen molar-refractivity contribution in [1.82, 2.24) is 0 Å². The molecule has 5 aromatic carbocycles. The lowest BCUT2D eigenvalue weighted by atomic mass is 9.96. The van der Waals surface area contributed by atoms with E-state index in [2.05, 4.69) is 0 Å². The van der Waals surface area contributed by atoms with E-state index >= 15 is 0 Å². The van der Waals surface area contributed by atoms with Crippen LogP contribution in [0.3, 0.4) is 0 Å². The minimum Gasteiger partial charge on any atom is -0.457 e. The first kappa shape index (κ1) is 42.9. The predicted octanol–water partition coefficient (Wildman–Crippen LogP) is 7.65. The van der Waals surface area contributed by atoms with Crippen LogP contribution in [0.25, 0.3) is 0 Å². The topological polar surface area (TPSA) is 117 Å². The zero-order valence-corrected chi connectivity index (χ0v) is 33.9. The van der Waals surface area contributed by atoms with E-state index in [1.54, 1.807) is 24.3 Å². The third-order valence-electron chi connectivity index (χ3n) is 10.4. The highest BCUT2D eigenvalue weighted by Crippen LogP contribution is 2.34. The van der Waals surface area contributed by atoms with Gasteiger partial charge in [-0.3, -0.25) is 4.79 Å². The van der Waals surface area contributed by atoms with Crippen molar-refractivity contribution in [2.75, 3.05) is 13.2 Å². The second-order valence-electron chi connectivity index (χ2n) is 14.9. The van der Waals surface area contributed by atoms with E-state index in [0.717, 1.165) is 22.3 Å². The first-order chi connectivity index (χ1) is 29.4. The Morgan fingerprint density at radius 3 is 1.53 bits per heavy atom. The first-order valence-electron chi connectivity index (χ1n) is 20.4. The van der Waals surface area contributed by atoms with Crippen LogP contribution in [0.15, 0.2) is 152 Å². The van der Waals surface area contributed by atoms with Gasteiger partial charge in [-0.25, -0.2) is 4.79 Å². The summed E-state index contributed by atoms with van der Waals surface area (Å²) in [5.41, 5.74) is 4.12. The first-order valence-corrected chi connectivity index (χ1v) is 20.4. The summed E-state index contributed by atoms with van der Waals surface area (Å²) in [5.74, 6) is -1.05. The number of esters is 2. The van der Waals surface area contributed by atoms with Gasteiger partial charge < -0.3 is 42.6 Å². The maximum absolute atomic E-state index is 13.6. The number of carbonyl (C=O) groups excluding carboxylic acids is 2. The van der Waals surface area contributed by atoms with Crippen LogP contribution in [0.2, 0.25) is 0 Å². The van der Waals surface area contributed by atoms with Gasteiger partial charge in [0.05, 0.1) is 51.3 Å². The van der Waals surface area contributed by atoms with Crippen molar-refractivity contribution in [1.29, 1.82) is 0 Å². The molecule has 0 saturated carbocycles. The molecule has 2 aliphatic heterocycles. The van der Waals surface area contributed by atoms with E-state index in [1.165, 1.54) is 6.92 Å². The highest BCUT2D eigenvalue weighted by Gasteiger charge is 2.53. The molecule has 0 amide bonds. The zero-order valence-electron chi connectivity index (χ0n) is 33.9. The van der Waals surface area contributed by atoms with Crippen LogP contribution in [0.4, 0.5) is 0 Å². The van der Waals surface area contributed by atoms with Gasteiger partial charge in [0.25, 0.3) is 0 Å². The summed E-state index contributed by atoms with van der Waals surface area (Å²) in [4.78, 5) is 26.5. The zero-order chi connectivity index (χ0) is 41.5. The van der Waals surface area contributed by atoms with Crippen molar-refractivity contribution in [2.45, 2.75) is 95.4 Å². The van der Waals surface area contributed by atoms with Gasteiger partial charge in [-0.1, -0.05) is 140 Å². The molecule has 11 heteroatoms. The second-order valence-corrected chi connectivity index (χ2v) is 14.9. The largest absolute Gasteiger partial charge is 0.457 e. The molecule has 2 fully saturated rings. The number of ether oxygens (including phenoxy) is 9. The van der Waals surface area contributed by atoms with Crippen LogP contribution in [-0.4, -0.2) is 80.3 Å². The Labute approximate surface area is 351 Å². The minimum absolute atomic E-state index is 0.0125. The summed E-state index contributed by atoms with van der Waals surface area (Å²) >= 11 is 0. The summed E-state index contributed by atoms with van der Waals surface area (Å²) in [7, 11) is 0. The van der Waals surface area contributed by atoms with Crippen LogP contribution < -0.4 is 0 Å². The monoisotopic (exact) mass is 816 g/mol. The van der Waals surface area contributed by atoms with Crippen LogP contribution >= 0.6 is 0 Å². The molecule has 11 nitrogen and oxygen atoms in total. The molecule has 0 bridgehead atoms. The summed E-state index contributed by atoms with van der Waals surface area (Å²) in [6, 6.07) is 47.7. The fourth-order valence-electron chi connectivity index (χ4n) is 7.36. The van der Waals surface area contributed by atoms with E-state index in [4.69, 9.17) is 42.6 Å². The summed E-state index contributed by atoms with van der Waals surface area (Å²) in [6.45, 7) is 4.23. The summed E-state index contributed by atoms with van der Waals surface area (Å²) in [6.07, 6.45) is -7.85. The standard InChI is InChI=1S/C49H52O11/c1-34-43(54-29-37-20-10-4-11-21-37)46(58-35(2)50)47(56-31-39-24-14-6-15-25-39)49(57-34)60-45-41(32-52-28-36-18-8-3-9-19-36)53-33-42(59-48(51)40-26-16-7-17-27-40)44(45)55-30-38-22-12-5-13-23-38/h3-27,34,41-47,49H,28-33H2,1-2H3/t34?,41?,42?,43-,44?,45+,46?,47?,49+/m0/s1. The molecular weight excluding hydrogens is 765 g/mol. The van der Waals surface area contributed by atoms with E-state index in [9.17, 15) is 9.59 Å². The number of rotatable bonds is 18. The van der Waals surface area contributed by atoms with E-state index in [1.807, 2.05) is 134 Å². The third-order valence-corrected chi connectivity index (χ3v) is 10.4. The van der Waals surface area contributed by atoms with E-state index in [0.29, 0.717) is 12.2 Å². The van der Waals surface area contributed by atoms with E-state index < -0.39 is 67.1 Å². The Morgan fingerprint density at radius 2 is 1.02 bits per heavy atom. The lowest BCUT2D eigenvalue weighted by molar-refractivity contribution is -0.347. The number of carbonyl (C=O) groups is 2. The average Bonchev–Trinajstić information content (AvgIpc) is 3.28. The molecule has 0 radical (unpaired) electrons. The molecular formula is C49H52O11. The van der Waals surface area contributed by atoms with Gasteiger partial charge in [-0.2, -0.15) is 0 Å². The van der Waals surface area contributed by atoms with Crippen LogP contribution in [0.5, 0.6) is 0 Å². The SMILES string of the molecule is CC(=O)OC1C(OCc2ccccc2)[C@@H](O[C@@H]2C(COCc3ccccc3)OCC(OC(=O)c3ccccc3)C2OCc2ccccc2)OC(C)[C@@H]1OCc1ccccc1. The Kier molecular flexibility index (Phi) is 15.6. The van der Waals surface area contributed by atoms with Gasteiger partial charge in [0.2, 0.25) is 0 Å². The van der Waals surface area contributed by atoms with E-state index in [-0.39, 0.29) is 33.0 Å². The van der Waals surface area contributed by atoms with Gasteiger partial charge >= 0.3 is 11.9 Å². The highest BCUT2D eigenvalue weighted by molar-refractivity contribution is 5.89. The van der Waals surface area contributed by atoms with Gasteiger partial charge in [0, 0.05) is 6.92 Å². The Morgan fingerprint density at radius 1 is 0.550 bits per heavy atom. The van der Waals surface area contributed by atoms with Crippen LogP contribution in [0.1, 0.15) is 46.5 Å². The van der Waals surface area contributed by atoms with Crippen molar-refractivity contribution in [3.05, 3.63) is 179 Å². The van der Waals surface area contributed by atoms with Crippen molar-refractivity contribution in [2.24, 2.45) is 0 Å². The quantitative estimate of drug-likeness (QED) is 0.0813. The molecule has 2 saturated heterocycles. The number of benzene rings is 5. The molecule has 0 aliphatic carbocycles. The molecule has 2 heterocycles. The second kappa shape index (κ2) is 21.8. The molecule has 9 atom stereocenters. The fraction of sp³-hybridized carbons (Fsp3) is 0.347. The average molecular weight is 817 g/mol. The Hall–Kier alpha value is -5.24. The highest BCUT2D eigenvalue weighted by atomic mass is 16.7. The van der Waals surface area contributed by atoms with Crippen LogP contribution in [0, 0.1) is 0 Å². The van der Waals surface area contributed by atoms with Gasteiger partial charge in [-0.05, 0) is 41.3 Å². The molecule has 7 rings (SSSR count). The Bertz CT molecular complexity index is 2020. The molecule has 314 valence electrons. The number of hydrogen-bond donors (Lipinski definition) is 0. The lowest BCUT2D eigenvalue weighted by Gasteiger charge is -2.48. The fourth-order valence-corrected chi connectivity index (χ4v) is 7.36. The molecule has 0 aromatic heterocycles. The molecule has 6 unspecified atom stereocenters. The molecule has 0 N–H and O–H groups in total. The molecule has 0 spiro atoms. The molecule has 60 heavy (non-hydrogen) atoms. The van der Waals surface area contributed by atoms with Crippen LogP contribution in [-0.2, 0) is 73.9 Å². The molecule has 2 aliphatic rings. The van der Waals surface area contributed by atoms with Gasteiger partial charge in [0.1, 0.15) is 30.5 Å². The predicted molar refractivity (Wildman–Crippen MR) is 221 cm³/mol. The summed E-state index contributed by atoms with van der Waals surface area (Å²) < 4.78 is 58.6. The van der Waals surface area contributed by atoms with Crippen molar-refractivity contribution in [3.8, 4) is 0 Å². The van der Waals surface area contributed by atoms with Crippen molar-refractivity contribution in [3.63, 3.8) is 0 Å². The van der Waals surface area contributed by atoms with Gasteiger partial charge in [-0.15, -0.1) is 0 Å². The maximum Gasteiger partial charge on any atom is 0.338 e. The Balaban J connectivity index is 1.22. The van der Waals surface area contributed by atoms with Crippen molar-refractivity contribution < 1.29 is 52.2 Å². The number of hydrogen-bond acceptors (Lipinski definition) is 11. The van der Waals surface area contributed by atoms with Crippen molar-refractivity contribution >= 4 is 11.9 Å². The smallest absolute Gasteiger partial charge is 0.338 e. The third kappa shape index (κ3) is 11.9. The molecule has 5 aromatic rings. The van der Waals surface area contributed by atoms with Gasteiger partial charge in [0.15, 0.2) is 18.5 Å². The summed E-state index contributed by atoms with van der Waals surface area (Å²) in [5, 5.41) is 0.